The van der Waals surface area contributed by atoms with E-state index in [4.69, 9.17) is 4.74 Å². The van der Waals surface area contributed by atoms with Crippen LogP contribution >= 0.6 is 20.2 Å². The van der Waals surface area contributed by atoms with Gasteiger partial charge >= 0.3 is 0 Å². The van der Waals surface area contributed by atoms with Gasteiger partial charge < -0.3 is 4.74 Å². The number of rotatable bonds is 6. The van der Waals surface area contributed by atoms with Gasteiger partial charge in [-0.2, -0.15) is 0 Å². The van der Waals surface area contributed by atoms with E-state index < -0.39 is 0 Å². The summed E-state index contributed by atoms with van der Waals surface area (Å²) in [4.78, 5) is 1.15. The van der Waals surface area contributed by atoms with Gasteiger partial charge in [-0.25, -0.2) is 0 Å². The van der Waals surface area contributed by atoms with Gasteiger partial charge in [0.2, 0.25) is 0 Å². The molecule has 0 aliphatic carbocycles. The van der Waals surface area contributed by atoms with Gasteiger partial charge in [-0.1, -0.05) is 30.3 Å². The first-order valence-electron chi connectivity index (χ1n) is 5.93. The fourth-order valence-corrected chi connectivity index (χ4v) is 3.30. The average Bonchev–Trinajstić information content (AvgIpc) is 2.41. The van der Waals surface area contributed by atoms with Crippen LogP contribution in [0.25, 0.3) is 10.8 Å². The first-order chi connectivity index (χ1) is 8.86. The zero-order chi connectivity index (χ0) is 12.8. The van der Waals surface area contributed by atoms with E-state index >= 15 is 0 Å². The highest BCUT2D eigenvalue weighted by Gasteiger charge is 2.08. The molecule has 18 heavy (non-hydrogen) atoms. The average molecular weight is 278 g/mol. The van der Waals surface area contributed by atoms with Crippen LogP contribution in [0.2, 0.25) is 0 Å². The van der Waals surface area contributed by atoms with Gasteiger partial charge in [-0.15, -0.1) is 11.8 Å². The summed E-state index contributed by atoms with van der Waals surface area (Å²) in [6.45, 7) is 2.64. The number of hydrogen-bond acceptors (Lipinski definition) is 3. The molecule has 0 bridgehead atoms. The van der Waals surface area contributed by atoms with E-state index in [2.05, 4.69) is 18.2 Å². The zero-order valence-corrected chi connectivity index (χ0v) is 12.0. The Balaban J connectivity index is 2.41. The van der Waals surface area contributed by atoms with Gasteiger partial charge in [0.1, 0.15) is 5.75 Å². The Morgan fingerprint density at radius 1 is 1.22 bits per heavy atom. The molecule has 0 saturated carbocycles. The first kappa shape index (κ1) is 13.4. The molecule has 0 saturated heterocycles. The summed E-state index contributed by atoms with van der Waals surface area (Å²) in [5, 5.41) is 2.42. The Hall–Kier alpha value is -1.05. The van der Waals surface area contributed by atoms with Crippen LogP contribution in [0.5, 0.6) is 5.75 Å². The van der Waals surface area contributed by atoms with E-state index in [1.807, 2.05) is 25.1 Å². The van der Waals surface area contributed by atoms with Crippen molar-refractivity contribution in [2.75, 3.05) is 18.5 Å². The fraction of sp³-hybridized carbons (Fsp3) is 0.286. The highest BCUT2D eigenvalue weighted by Crippen LogP contribution is 2.36. The third-order valence-corrected chi connectivity index (χ3v) is 4.40. The van der Waals surface area contributed by atoms with Gasteiger partial charge in [-0.3, -0.25) is 4.57 Å². The monoisotopic (exact) mass is 278 g/mol. The van der Waals surface area contributed by atoms with Crippen molar-refractivity contribution in [3.63, 3.8) is 0 Å². The number of benzene rings is 2. The lowest BCUT2D eigenvalue weighted by Gasteiger charge is -2.12. The van der Waals surface area contributed by atoms with E-state index in [-0.39, 0.29) is 8.46 Å². The molecule has 0 aliphatic heterocycles. The van der Waals surface area contributed by atoms with Gasteiger partial charge in [0.05, 0.1) is 11.5 Å². The second kappa shape index (κ2) is 6.77. The molecule has 2 aromatic rings. The summed E-state index contributed by atoms with van der Waals surface area (Å²) in [5.74, 6) is 1.75. The maximum atomic E-state index is 10.5. The van der Waals surface area contributed by atoms with Gasteiger partial charge in [0.25, 0.3) is 0 Å². The molecule has 2 nitrogen and oxygen atoms in total. The van der Waals surface area contributed by atoms with Crippen molar-refractivity contribution in [2.24, 2.45) is 0 Å². The largest absolute Gasteiger partial charge is 0.493 e. The van der Waals surface area contributed by atoms with Crippen LogP contribution in [0.4, 0.5) is 0 Å². The second-order valence-corrected chi connectivity index (χ2v) is 5.56. The Morgan fingerprint density at radius 2 is 2.06 bits per heavy atom. The highest BCUT2D eigenvalue weighted by molar-refractivity contribution is 7.99. The molecule has 0 radical (unpaired) electrons. The van der Waals surface area contributed by atoms with Crippen LogP contribution in [0, 0.1) is 0 Å². The molecule has 0 aromatic heterocycles. The van der Waals surface area contributed by atoms with Crippen molar-refractivity contribution in [3.8, 4) is 5.75 Å². The molecule has 94 valence electrons. The molecular formula is C14H15O2PS. The molecule has 0 spiro atoms. The Bertz CT molecular complexity index is 542. The van der Waals surface area contributed by atoms with E-state index in [0.29, 0.717) is 12.8 Å². The van der Waals surface area contributed by atoms with Crippen LogP contribution in [0.1, 0.15) is 6.92 Å². The lowest BCUT2D eigenvalue weighted by atomic mass is 10.1. The minimum atomic E-state index is 0.203. The molecule has 0 aliphatic rings. The Labute approximate surface area is 113 Å². The molecule has 0 atom stereocenters. The van der Waals surface area contributed by atoms with Crippen molar-refractivity contribution < 1.29 is 9.30 Å². The quantitative estimate of drug-likeness (QED) is 0.438. The third kappa shape index (κ3) is 3.04. The van der Waals surface area contributed by atoms with Crippen molar-refractivity contribution in [2.45, 2.75) is 11.8 Å². The van der Waals surface area contributed by atoms with Crippen LogP contribution in [-0.4, -0.2) is 18.5 Å². The lowest BCUT2D eigenvalue weighted by molar-refractivity contribution is 0.333. The molecule has 0 heterocycles. The molecule has 0 amide bonds. The van der Waals surface area contributed by atoms with E-state index in [1.54, 1.807) is 11.8 Å². The van der Waals surface area contributed by atoms with E-state index in [1.165, 1.54) is 10.8 Å². The van der Waals surface area contributed by atoms with Crippen LogP contribution in [0.15, 0.2) is 41.3 Å². The molecule has 2 rings (SSSR count). The van der Waals surface area contributed by atoms with Crippen LogP contribution < -0.4 is 4.74 Å². The Morgan fingerprint density at radius 3 is 2.83 bits per heavy atom. The maximum Gasteiger partial charge on any atom is 0.156 e. The highest BCUT2D eigenvalue weighted by atomic mass is 32.2. The van der Waals surface area contributed by atoms with E-state index in [9.17, 15) is 4.57 Å². The predicted molar refractivity (Wildman–Crippen MR) is 78.3 cm³/mol. The topological polar surface area (TPSA) is 26.3 Å². The SMILES string of the molecule is CCOc1ccc2ccccc2c1SCCP=O. The van der Waals surface area contributed by atoms with Gasteiger partial charge in [0.15, 0.2) is 8.46 Å². The summed E-state index contributed by atoms with van der Waals surface area (Å²) in [6.07, 6.45) is 0.666. The number of fused-ring (bicyclic) bond motifs is 1. The second-order valence-electron chi connectivity index (χ2n) is 3.75. The number of hydrogen-bond donors (Lipinski definition) is 0. The summed E-state index contributed by atoms with van der Waals surface area (Å²) in [5.41, 5.74) is 0. The molecule has 2 aromatic carbocycles. The summed E-state index contributed by atoms with van der Waals surface area (Å²) < 4.78 is 16.2. The van der Waals surface area contributed by atoms with Crippen molar-refractivity contribution in [3.05, 3.63) is 36.4 Å². The van der Waals surface area contributed by atoms with Crippen molar-refractivity contribution in [1.82, 2.24) is 0 Å². The molecular weight excluding hydrogens is 263 g/mol. The number of ether oxygens (including phenoxy) is 1. The summed E-state index contributed by atoms with van der Waals surface area (Å²) in [7, 11) is 0.203. The molecule has 0 N–H and O–H groups in total. The smallest absolute Gasteiger partial charge is 0.156 e. The maximum absolute atomic E-state index is 10.5. The van der Waals surface area contributed by atoms with Gasteiger partial charge in [-0.05, 0) is 23.8 Å². The lowest BCUT2D eigenvalue weighted by Crippen LogP contribution is -1.94. The van der Waals surface area contributed by atoms with E-state index in [0.717, 1.165) is 16.4 Å². The molecule has 0 fully saturated rings. The van der Waals surface area contributed by atoms with Crippen molar-refractivity contribution in [1.29, 1.82) is 0 Å². The normalized spacial score (nSPS) is 10.9. The van der Waals surface area contributed by atoms with Crippen molar-refractivity contribution >= 4 is 31.0 Å². The summed E-state index contributed by atoms with van der Waals surface area (Å²) in [6, 6.07) is 12.4. The molecule has 0 unspecified atom stereocenters. The fourth-order valence-electron chi connectivity index (χ4n) is 1.83. The number of thioether (sulfide) groups is 1. The van der Waals surface area contributed by atoms with Crippen LogP contribution in [-0.2, 0) is 4.57 Å². The first-order valence-corrected chi connectivity index (χ1v) is 7.91. The standard InChI is InChI=1S/C14H15O2PS/c1-2-16-13-8-7-11-5-3-4-6-12(11)14(13)18-10-9-17-15/h3-8H,2,9-10H2,1H3. The minimum absolute atomic E-state index is 0.203. The van der Waals surface area contributed by atoms with Gasteiger partial charge in [0, 0.05) is 11.9 Å². The van der Waals surface area contributed by atoms with Crippen LogP contribution in [0.3, 0.4) is 0 Å². The minimum Gasteiger partial charge on any atom is -0.493 e. The Kier molecular flexibility index (Phi) is 5.03. The predicted octanol–water partition coefficient (Wildman–Crippen LogP) is 4.62. The third-order valence-electron chi connectivity index (χ3n) is 2.57. The summed E-state index contributed by atoms with van der Waals surface area (Å²) >= 11 is 1.71. The molecule has 4 heteroatoms. The zero-order valence-electron chi connectivity index (χ0n) is 10.3.